The second kappa shape index (κ2) is 7.01. The zero-order valence-electron chi connectivity index (χ0n) is 9.72. The van der Waals surface area contributed by atoms with Crippen LogP contribution in [0.4, 0.5) is 5.82 Å². The molecule has 0 unspecified atom stereocenters. The van der Waals surface area contributed by atoms with E-state index in [1.807, 2.05) is 0 Å². The number of anilines is 1. The maximum absolute atomic E-state index is 11.5. The van der Waals surface area contributed by atoms with Crippen molar-refractivity contribution in [3.05, 3.63) is 18.1 Å². The summed E-state index contributed by atoms with van der Waals surface area (Å²) in [6.07, 6.45) is 9.97. The predicted octanol–water partition coefficient (Wildman–Crippen LogP) is 1.31. The van der Waals surface area contributed by atoms with Gasteiger partial charge in [0.05, 0.1) is 0 Å². The molecule has 1 amide bonds. The van der Waals surface area contributed by atoms with Crippen LogP contribution in [0.2, 0.25) is 0 Å². The molecule has 0 aliphatic rings. The number of nitrogens with one attached hydrogen (secondary N) is 1. The highest BCUT2D eigenvalue weighted by Gasteiger charge is 2.14. The number of carboxylic acid groups (broad SMARTS) is 1. The molecule has 0 aliphatic heterocycles. The summed E-state index contributed by atoms with van der Waals surface area (Å²) in [5.41, 5.74) is -0.269. The third-order valence-corrected chi connectivity index (χ3v) is 2.13. The van der Waals surface area contributed by atoms with Gasteiger partial charge in [0.2, 0.25) is 5.91 Å². The van der Waals surface area contributed by atoms with Gasteiger partial charge in [0.1, 0.15) is 0 Å². The smallest absolute Gasteiger partial charge is 0.358 e. The monoisotopic (exact) mass is 247 g/mol. The summed E-state index contributed by atoms with van der Waals surface area (Å²) in [6.45, 7) is 0. The molecule has 0 radical (unpaired) electrons. The van der Waals surface area contributed by atoms with Crippen molar-refractivity contribution < 1.29 is 14.7 Å². The predicted molar refractivity (Wildman–Crippen MR) is 64.9 cm³/mol. The average molecular weight is 247 g/mol. The molecule has 0 fully saturated rings. The van der Waals surface area contributed by atoms with Gasteiger partial charge in [0.15, 0.2) is 11.5 Å². The van der Waals surface area contributed by atoms with Crippen LogP contribution in [0.1, 0.15) is 36.2 Å². The van der Waals surface area contributed by atoms with E-state index in [1.54, 1.807) is 0 Å². The topological polar surface area (TPSA) is 92.2 Å². The van der Waals surface area contributed by atoms with Crippen LogP contribution in [0, 0.1) is 12.3 Å². The second-order valence-corrected chi connectivity index (χ2v) is 3.52. The van der Waals surface area contributed by atoms with E-state index in [9.17, 15) is 9.59 Å². The fourth-order valence-corrected chi connectivity index (χ4v) is 1.29. The van der Waals surface area contributed by atoms with E-state index in [-0.39, 0.29) is 23.8 Å². The molecule has 1 heterocycles. The summed E-state index contributed by atoms with van der Waals surface area (Å²) in [6, 6.07) is 0. The highest BCUT2D eigenvalue weighted by atomic mass is 16.4. The maximum Gasteiger partial charge on any atom is 0.358 e. The highest BCUT2D eigenvalue weighted by Crippen LogP contribution is 2.09. The lowest BCUT2D eigenvalue weighted by Gasteiger charge is -2.05. The first-order chi connectivity index (χ1) is 8.65. The van der Waals surface area contributed by atoms with E-state index in [0.29, 0.717) is 12.8 Å². The summed E-state index contributed by atoms with van der Waals surface area (Å²) in [5, 5.41) is 11.3. The molecule has 6 nitrogen and oxygen atoms in total. The van der Waals surface area contributed by atoms with Gasteiger partial charge < -0.3 is 10.4 Å². The third-order valence-electron chi connectivity index (χ3n) is 2.13. The first kappa shape index (κ1) is 13.6. The molecular formula is C12H13N3O3. The Balaban J connectivity index is 2.54. The lowest BCUT2D eigenvalue weighted by Crippen LogP contribution is -2.16. The fourth-order valence-electron chi connectivity index (χ4n) is 1.29. The summed E-state index contributed by atoms with van der Waals surface area (Å²) in [5.74, 6) is 0.921. The number of hydrogen-bond donors (Lipinski definition) is 2. The molecule has 0 saturated carbocycles. The van der Waals surface area contributed by atoms with Crippen LogP contribution in [0.25, 0.3) is 0 Å². The van der Waals surface area contributed by atoms with Crippen LogP contribution in [-0.4, -0.2) is 27.0 Å². The number of aromatic carboxylic acids is 1. The number of nitrogens with zero attached hydrogens (tertiary/aromatic N) is 2. The number of hydrogen-bond acceptors (Lipinski definition) is 4. The molecule has 0 spiro atoms. The van der Waals surface area contributed by atoms with E-state index in [4.69, 9.17) is 11.5 Å². The Hall–Kier alpha value is -2.42. The first-order valence-corrected chi connectivity index (χ1v) is 5.42. The van der Waals surface area contributed by atoms with Gasteiger partial charge in [-0.05, 0) is 12.8 Å². The van der Waals surface area contributed by atoms with Crippen molar-refractivity contribution >= 4 is 17.7 Å². The molecule has 0 saturated heterocycles. The maximum atomic E-state index is 11.5. The van der Waals surface area contributed by atoms with Gasteiger partial charge in [-0.25, -0.2) is 14.8 Å². The Bertz CT molecular complexity index is 480. The molecule has 1 rings (SSSR count). The molecule has 0 bridgehead atoms. The van der Waals surface area contributed by atoms with Crippen LogP contribution >= 0.6 is 0 Å². The minimum atomic E-state index is -1.23. The quantitative estimate of drug-likeness (QED) is 0.584. The van der Waals surface area contributed by atoms with Crippen LogP contribution in [0.3, 0.4) is 0 Å². The molecule has 1 aromatic rings. The number of carbonyl (C=O) groups excluding carboxylic acids is 1. The van der Waals surface area contributed by atoms with Crippen LogP contribution in [-0.2, 0) is 4.79 Å². The Labute approximate surface area is 104 Å². The van der Waals surface area contributed by atoms with Crippen LogP contribution < -0.4 is 5.32 Å². The van der Waals surface area contributed by atoms with Gasteiger partial charge in [-0.2, -0.15) is 0 Å². The number of carboxylic acids is 1. The van der Waals surface area contributed by atoms with Crippen molar-refractivity contribution in [3.63, 3.8) is 0 Å². The number of rotatable bonds is 6. The Morgan fingerprint density at radius 3 is 2.72 bits per heavy atom. The minimum Gasteiger partial charge on any atom is -0.476 e. The van der Waals surface area contributed by atoms with E-state index < -0.39 is 5.97 Å². The summed E-state index contributed by atoms with van der Waals surface area (Å²) >= 11 is 0. The molecule has 0 aromatic carbocycles. The van der Waals surface area contributed by atoms with Crippen molar-refractivity contribution in [1.82, 2.24) is 9.97 Å². The van der Waals surface area contributed by atoms with E-state index in [0.717, 1.165) is 6.42 Å². The van der Waals surface area contributed by atoms with Crippen molar-refractivity contribution in [2.75, 3.05) is 5.32 Å². The molecule has 2 N–H and O–H groups in total. The lowest BCUT2D eigenvalue weighted by molar-refractivity contribution is -0.116. The number of carbonyl (C=O) groups is 2. The Morgan fingerprint density at radius 2 is 2.06 bits per heavy atom. The van der Waals surface area contributed by atoms with Crippen LogP contribution in [0.5, 0.6) is 0 Å². The number of amides is 1. The zero-order valence-corrected chi connectivity index (χ0v) is 9.72. The van der Waals surface area contributed by atoms with Crippen molar-refractivity contribution in [2.24, 2.45) is 0 Å². The molecule has 18 heavy (non-hydrogen) atoms. The van der Waals surface area contributed by atoms with Gasteiger partial charge in [-0.15, -0.1) is 12.3 Å². The van der Waals surface area contributed by atoms with Crippen molar-refractivity contribution in [2.45, 2.75) is 25.7 Å². The average Bonchev–Trinajstić information content (AvgIpc) is 2.35. The summed E-state index contributed by atoms with van der Waals surface area (Å²) in [7, 11) is 0. The molecule has 0 atom stereocenters. The first-order valence-electron chi connectivity index (χ1n) is 5.42. The van der Waals surface area contributed by atoms with Crippen LogP contribution in [0.15, 0.2) is 12.4 Å². The van der Waals surface area contributed by atoms with Gasteiger partial charge in [-0.1, -0.05) is 0 Å². The largest absolute Gasteiger partial charge is 0.476 e. The lowest BCUT2D eigenvalue weighted by atomic mass is 10.2. The number of terminal acetylenes is 1. The van der Waals surface area contributed by atoms with E-state index in [2.05, 4.69) is 21.2 Å². The molecule has 0 aliphatic carbocycles. The Kier molecular flexibility index (Phi) is 5.32. The zero-order chi connectivity index (χ0) is 13.4. The molecule has 1 aromatic heterocycles. The van der Waals surface area contributed by atoms with Gasteiger partial charge in [0.25, 0.3) is 0 Å². The number of unbranched alkanes of at least 4 members (excludes halogenated alkanes) is 2. The molecule has 6 heteroatoms. The number of aromatic nitrogens is 2. The summed E-state index contributed by atoms with van der Waals surface area (Å²) < 4.78 is 0. The fraction of sp³-hybridized carbons (Fsp3) is 0.333. The van der Waals surface area contributed by atoms with Gasteiger partial charge in [0, 0.05) is 25.2 Å². The second-order valence-electron chi connectivity index (χ2n) is 3.52. The normalized spacial score (nSPS) is 9.50. The van der Waals surface area contributed by atoms with Gasteiger partial charge in [-0.3, -0.25) is 4.79 Å². The van der Waals surface area contributed by atoms with Gasteiger partial charge >= 0.3 is 5.97 Å². The van der Waals surface area contributed by atoms with Crippen molar-refractivity contribution in [1.29, 1.82) is 0 Å². The third kappa shape index (κ3) is 4.22. The molecular weight excluding hydrogens is 234 g/mol. The SMILES string of the molecule is C#CCCCCC(=O)Nc1nccnc1C(=O)O. The van der Waals surface area contributed by atoms with E-state index >= 15 is 0 Å². The standard InChI is InChI=1S/C12H13N3O3/c1-2-3-4-5-6-9(16)15-11-10(12(17)18)13-7-8-14-11/h1,7-8H,3-6H2,(H,17,18)(H,14,15,16). The Morgan fingerprint density at radius 1 is 1.33 bits per heavy atom. The highest BCUT2D eigenvalue weighted by molar-refractivity contribution is 5.97. The minimum absolute atomic E-state index is 0.0352. The van der Waals surface area contributed by atoms with Crippen molar-refractivity contribution in [3.8, 4) is 12.3 Å². The van der Waals surface area contributed by atoms with E-state index in [1.165, 1.54) is 12.4 Å². The molecule has 94 valence electrons. The summed E-state index contributed by atoms with van der Waals surface area (Å²) in [4.78, 5) is 29.8.